The minimum atomic E-state index is -0.930. The molecule has 4 heteroatoms. The predicted octanol–water partition coefficient (Wildman–Crippen LogP) is 0.160. The predicted molar refractivity (Wildman–Crippen MR) is 46.1 cm³/mol. The van der Waals surface area contributed by atoms with Crippen LogP contribution in [-0.2, 0) is 9.59 Å². The first-order chi connectivity index (χ1) is 6.15. The monoisotopic (exact) mass is 179 g/mol. The van der Waals surface area contributed by atoms with Crippen LogP contribution in [0.1, 0.15) is 11.5 Å². The summed E-state index contributed by atoms with van der Waals surface area (Å²) < 4.78 is 0. The molecule has 1 aromatic rings. The number of hydrogen-bond acceptors (Lipinski definition) is 3. The van der Waals surface area contributed by atoms with Crippen molar-refractivity contribution in [2.24, 2.45) is 5.73 Å². The molecule has 0 fully saturated rings. The Morgan fingerprint density at radius 2 is 1.92 bits per heavy atom. The second-order valence-electron chi connectivity index (χ2n) is 2.61. The van der Waals surface area contributed by atoms with Crippen molar-refractivity contribution < 1.29 is 14.7 Å². The Kier molecular flexibility index (Phi) is 2.64. The normalized spacial score (nSPS) is 12.0. The highest BCUT2D eigenvalue weighted by atomic mass is 16.3. The third kappa shape index (κ3) is 2.05. The lowest BCUT2D eigenvalue weighted by Gasteiger charge is -2.05. The maximum absolute atomic E-state index is 10.7. The Bertz CT molecular complexity index is 318. The molecule has 1 unspecified atom stereocenters. The van der Waals surface area contributed by atoms with Crippen LogP contribution in [0.15, 0.2) is 24.3 Å². The van der Waals surface area contributed by atoms with Gasteiger partial charge in [-0.3, -0.25) is 4.79 Å². The van der Waals surface area contributed by atoms with Crippen LogP contribution in [0.3, 0.4) is 0 Å². The fraction of sp³-hybridized carbons (Fsp3) is 0.111. The highest BCUT2D eigenvalue weighted by Gasteiger charge is 2.15. The first-order valence-corrected chi connectivity index (χ1v) is 3.68. The number of nitrogens with two attached hydrogens (primary N) is 1. The molecular formula is C9H9NO3. The van der Waals surface area contributed by atoms with Gasteiger partial charge in [-0.2, -0.15) is 0 Å². The van der Waals surface area contributed by atoms with Crippen molar-refractivity contribution in [3.8, 4) is 5.75 Å². The molecule has 0 heterocycles. The van der Waals surface area contributed by atoms with Gasteiger partial charge in [0.2, 0.25) is 5.91 Å². The quantitative estimate of drug-likeness (QED) is 0.512. The number of phenols is 1. The van der Waals surface area contributed by atoms with E-state index in [-0.39, 0.29) is 5.75 Å². The molecule has 1 rings (SSSR count). The number of aldehydes is 1. The molecule has 4 nitrogen and oxygen atoms in total. The van der Waals surface area contributed by atoms with Crippen molar-refractivity contribution in [3.05, 3.63) is 29.8 Å². The highest BCUT2D eigenvalue weighted by molar-refractivity contribution is 5.96. The van der Waals surface area contributed by atoms with E-state index in [1.165, 1.54) is 24.3 Å². The van der Waals surface area contributed by atoms with Crippen LogP contribution in [0.2, 0.25) is 0 Å². The summed E-state index contributed by atoms with van der Waals surface area (Å²) in [4.78, 5) is 21.2. The zero-order valence-corrected chi connectivity index (χ0v) is 6.81. The van der Waals surface area contributed by atoms with Crippen LogP contribution in [0.25, 0.3) is 0 Å². The maximum Gasteiger partial charge on any atom is 0.232 e. The molecule has 0 aromatic heterocycles. The maximum atomic E-state index is 10.7. The summed E-state index contributed by atoms with van der Waals surface area (Å²) in [6.45, 7) is 0. The average molecular weight is 179 g/mol. The minimum Gasteiger partial charge on any atom is -0.508 e. The van der Waals surface area contributed by atoms with E-state index in [0.717, 1.165) is 0 Å². The third-order valence-electron chi connectivity index (χ3n) is 1.69. The van der Waals surface area contributed by atoms with Crippen LogP contribution >= 0.6 is 0 Å². The zero-order valence-electron chi connectivity index (χ0n) is 6.81. The first-order valence-electron chi connectivity index (χ1n) is 3.68. The average Bonchev–Trinajstić information content (AvgIpc) is 2.09. The molecule has 0 aliphatic rings. The van der Waals surface area contributed by atoms with E-state index in [1.807, 2.05) is 0 Å². The Balaban J connectivity index is 2.99. The van der Waals surface area contributed by atoms with Crippen LogP contribution in [-0.4, -0.2) is 17.3 Å². The molecular weight excluding hydrogens is 170 g/mol. The molecule has 1 amide bonds. The second kappa shape index (κ2) is 3.71. The van der Waals surface area contributed by atoms with Gasteiger partial charge in [0.15, 0.2) is 0 Å². The number of phenolic OH excluding ortho intramolecular Hbond substituents is 1. The number of rotatable bonds is 3. The van der Waals surface area contributed by atoms with Gasteiger partial charge in [-0.25, -0.2) is 0 Å². The van der Waals surface area contributed by atoms with Gasteiger partial charge in [0.05, 0.1) is 0 Å². The van der Waals surface area contributed by atoms with Crippen LogP contribution in [0.4, 0.5) is 0 Å². The molecule has 0 aliphatic carbocycles. The molecule has 0 saturated heterocycles. The number of carbonyl (C=O) groups excluding carboxylic acids is 2. The highest BCUT2D eigenvalue weighted by Crippen LogP contribution is 2.16. The van der Waals surface area contributed by atoms with Crippen molar-refractivity contribution in [2.75, 3.05) is 0 Å². The van der Waals surface area contributed by atoms with E-state index in [2.05, 4.69) is 0 Å². The minimum absolute atomic E-state index is 0.0814. The van der Waals surface area contributed by atoms with E-state index >= 15 is 0 Å². The topological polar surface area (TPSA) is 80.4 Å². The van der Waals surface area contributed by atoms with E-state index in [0.29, 0.717) is 11.8 Å². The fourth-order valence-corrected chi connectivity index (χ4v) is 0.992. The van der Waals surface area contributed by atoms with Gasteiger partial charge in [-0.1, -0.05) is 12.1 Å². The van der Waals surface area contributed by atoms with Crippen molar-refractivity contribution in [1.29, 1.82) is 0 Å². The molecule has 13 heavy (non-hydrogen) atoms. The molecule has 1 aromatic carbocycles. The van der Waals surface area contributed by atoms with Gasteiger partial charge in [0, 0.05) is 0 Å². The number of benzene rings is 1. The van der Waals surface area contributed by atoms with Crippen molar-refractivity contribution in [3.63, 3.8) is 0 Å². The van der Waals surface area contributed by atoms with Crippen molar-refractivity contribution >= 4 is 12.2 Å². The number of carbonyl (C=O) groups is 2. The summed E-state index contributed by atoms with van der Waals surface area (Å²) in [7, 11) is 0. The molecule has 0 aliphatic heterocycles. The number of amides is 1. The Hall–Kier alpha value is -1.84. The summed E-state index contributed by atoms with van der Waals surface area (Å²) in [5.74, 6) is -1.54. The second-order valence-corrected chi connectivity index (χ2v) is 2.61. The van der Waals surface area contributed by atoms with Gasteiger partial charge in [-0.15, -0.1) is 0 Å². The first kappa shape index (κ1) is 9.25. The zero-order chi connectivity index (χ0) is 9.84. The summed E-state index contributed by atoms with van der Waals surface area (Å²) in [6.07, 6.45) is 0.481. The van der Waals surface area contributed by atoms with Gasteiger partial charge >= 0.3 is 0 Å². The molecule has 3 N–H and O–H groups in total. The van der Waals surface area contributed by atoms with E-state index in [1.54, 1.807) is 0 Å². The third-order valence-corrected chi connectivity index (χ3v) is 1.69. The smallest absolute Gasteiger partial charge is 0.232 e. The molecule has 1 atom stereocenters. The van der Waals surface area contributed by atoms with Crippen LogP contribution < -0.4 is 5.73 Å². The van der Waals surface area contributed by atoms with Crippen molar-refractivity contribution in [2.45, 2.75) is 5.92 Å². The summed E-state index contributed by atoms with van der Waals surface area (Å²) in [6, 6.07) is 5.77. The Morgan fingerprint density at radius 3 is 2.31 bits per heavy atom. The number of hydrogen-bond donors (Lipinski definition) is 2. The standard InChI is InChI=1S/C9H9NO3/c10-9(13)8(5-11)6-1-3-7(12)4-2-6/h1-5,8,12H,(H2,10,13). The van der Waals surface area contributed by atoms with Gasteiger partial charge in [0.1, 0.15) is 18.0 Å². The SMILES string of the molecule is NC(=O)C(C=O)c1ccc(O)cc1. The lowest BCUT2D eigenvalue weighted by molar-refractivity contribution is -0.123. The largest absolute Gasteiger partial charge is 0.508 e. The van der Waals surface area contributed by atoms with E-state index in [9.17, 15) is 9.59 Å². The molecule has 0 saturated carbocycles. The molecule has 0 spiro atoms. The summed E-state index contributed by atoms with van der Waals surface area (Å²) in [5, 5.41) is 8.95. The van der Waals surface area contributed by atoms with Crippen LogP contribution in [0, 0.1) is 0 Å². The van der Waals surface area contributed by atoms with E-state index in [4.69, 9.17) is 10.8 Å². The summed E-state index contributed by atoms with van der Waals surface area (Å²) in [5.41, 5.74) is 5.47. The lowest BCUT2D eigenvalue weighted by atomic mass is 10.0. The fourth-order valence-electron chi connectivity index (χ4n) is 0.992. The molecule has 0 bridgehead atoms. The van der Waals surface area contributed by atoms with Gasteiger partial charge in [-0.05, 0) is 17.7 Å². The van der Waals surface area contributed by atoms with Gasteiger partial charge < -0.3 is 15.6 Å². The van der Waals surface area contributed by atoms with Gasteiger partial charge in [0.25, 0.3) is 0 Å². The van der Waals surface area contributed by atoms with Crippen LogP contribution in [0.5, 0.6) is 5.75 Å². The Labute approximate surface area is 75.0 Å². The number of primary amides is 1. The lowest BCUT2D eigenvalue weighted by Crippen LogP contribution is -2.22. The Morgan fingerprint density at radius 1 is 1.38 bits per heavy atom. The van der Waals surface area contributed by atoms with Crippen molar-refractivity contribution in [1.82, 2.24) is 0 Å². The van der Waals surface area contributed by atoms with E-state index < -0.39 is 11.8 Å². The summed E-state index contributed by atoms with van der Waals surface area (Å²) >= 11 is 0. The molecule has 0 radical (unpaired) electrons. The molecule has 68 valence electrons. The number of aromatic hydroxyl groups is 1.